The van der Waals surface area contributed by atoms with Crippen molar-refractivity contribution in [2.75, 3.05) is 0 Å². The smallest absolute Gasteiger partial charge is 0.000741 e. The number of benzene rings is 7. The summed E-state index contributed by atoms with van der Waals surface area (Å²) in [6, 6.07) is 63.5. The summed E-state index contributed by atoms with van der Waals surface area (Å²) < 4.78 is 0. The minimum Gasteiger partial charge on any atom is -0.0622 e. The van der Waals surface area contributed by atoms with Crippen LogP contribution in [-0.4, -0.2) is 0 Å². The summed E-state index contributed by atoms with van der Waals surface area (Å²) in [4.78, 5) is 0. The van der Waals surface area contributed by atoms with Crippen LogP contribution < -0.4 is 0 Å². The van der Waals surface area contributed by atoms with Crippen LogP contribution in [0.4, 0.5) is 0 Å². The molecule has 2 aliphatic rings. The zero-order chi connectivity index (χ0) is 31.9. The van der Waals surface area contributed by atoms with Gasteiger partial charge in [-0.1, -0.05) is 170 Å². The molecule has 224 valence electrons. The van der Waals surface area contributed by atoms with E-state index in [2.05, 4.69) is 194 Å². The van der Waals surface area contributed by atoms with Gasteiger partial charge in [0.2, 0.25) is 0 Å². The highest BCUT2D eigenvalue weighted by molar-refractivity contribution is 6.20. The van der Waals surface area contributed by atoms with Crippen LogP contribution in [0.25, 0.3) is 57.2 Å². The molecule has 0 spiro atoms. The highest BCUT2D eigenvalue weighted by Crippen LogP contribution is 2.58. The molecule has 7 aromatic carbocycles. The van der Waals surface area contributed by atoms with Gasteiger partial charge >= 0.3 is 0 Å². The van der Waals surface area contributed by atoms with E-state index in [1.54, 1.807) is 0 Å². The predicted octanol–water partition coefficient (Wildman–Crippen LogP) is 12.4. The average Bonchev–Trinajstić information content (AvgIpc) is 3.64. The zero-order valence-corrected chi connectivity index (χ0v) is 26.5. The minimum absolute atomic E-state index is 1.18. The van der Waals surface area contributed by atoms with Crippen LogP contribution in [0.2, 0.25) is 0 Å². The molecule has 0 fully saturated rings. The number of rotatable bonds is 5. The summed E-state index contributed by atoms with van der Waals surface area (Å²) in [6.45, 7) is 0. The number of hydrogen-bond donors (Lipinski definition) is 0. The lowest BCUT2D eigenvalue weighted by Crippen LogP contribution is -1.98. The van der Waals surface area contributed by atoms with Crippen molar-refractivity contribution < 1.29 is 0 Å². The molecule has 0 saturated carbocycles. The first-order chi connectivity index (χ1) is 23.8. The van der Waals surface area contributed by atoms with Crippen molar-refractivity contribution in [1.82, 2.24) is 0 Å². The van der Waals surface area contributed by atoms with E-state index in [9.17, 15) is 0 Å². The highest BCUT2D eigenvalue weighted by Gasteiger charge is 2.36. The van der Waals surface area contributed by atoms with E-state index in [1.165, 1.54) is 89.0 Å². The second kappa shape index (κ2) is 11.8. The largest absolute Gasteiger partial charge is 0.0622 e. The second-order valence-electron chi connectivity index (χ2n) is 12.5. The lowest BCUT2D eigenvalue weighted by atomic mass is 9.83. The summed E-state index contributed by atoms with van der Waals surface area (Å²) in [7, 11) is 0. The van der Waals surface area contributed by atoms with E-state index in [4.69, 9.17) is 0 Å². The fourth-order valence-corrected chi connectivity index (χ4v) is 7.48. The molecule has 48 heavy (non-hydrogen) atoms. The topological polar surface area (TPSA) is 0 Å². The first-order valence-electron chi connectivity index (χ1n) is 16.6. The van der Waals surface area contributed by atoms with Crippen molar-refractivity contribution in [3.8, 4) is 22.3 Å². The third-order valence-electron chi connectivity index (χ3n) is 9.57. The van der Waals surface area contributed by atoms with Crippen LogP contribution >= 0.6 is 0 Å². The Morgan fingerprint density at radius 3 is 1.35 bits per heavy atom. The van der Waals surface area contributed by atoms with Crippen LogP contribution in [0.15, 0.2) is 176 Å². The zero-order valence-electron chi connectivity index (χ0n) is 26.5. The van der Waals surface area contributed by atoms with Crippen LogP contribution in [0.1, 0.15) is 50.1 Å². The summed E-state index contributed by atoms with van der Waals surface area (Å²) in [6.07, 6.45) is 7.12. The number of hydrogen-bond acceptors (Lipinski definition) is 0. The minimum atomic E-state index is 1.18. The van der Waals surface area contributed by atoms with Gasteiger partial charge < -0.3 is 0 Å². The Hall–Kier alpha value is -6.24. The van der Waals surface area contributed by atoms with Gasteiger partial charge in [0.15, 0.2) is 0 Å². The average molecular weight is 609 g/mol. The molecular weight excluding hydrogens is 577 g/mol. The second-order valence-corrected chi connectivity index (χ2v) is 12.5. The van der Waals surface area contributed by atoms with Crippen molar-refractivity contribution in [3.63, 3.8) is 0 Å². The predicted molar refractivity (Wildman–Crippen MR) is 204 cm³/mol. The van der Waals surface area contributed by atoms with Crippen LogP contribution in [0.5, 0.6) is 0 Å². The Labute approximate surface area is 282 Å². The van der Waals surface area contributed by atoms with Gasteiger partial charge in [-0.25, -0.2) is 0 Å². The van der Waals surface area contributed by atoms with Gasteiger partial charge in [-0.05, 0) is 113 Å². The molecular formula is C48H32. The van der Waals surface area contributed by atoms with E-state index < -0.39 is 0 Å². The molecule has 0 heterocycles. The Morgan fingerprint density at radius 1 is 0.333 bits per heavy atom. The normalized spacial score (nSPS) is 14.5. The molecule has 9 rings (SSSR count). The van der Waals surface area contributed by atoms with Crippen LogP contribution in [0.3, 0.4) is 0 Å². The van der Waals surface area contributed by atoms with E-state index >= 15 is 0 Å². The van der Waals surface area contributed by atoms with E-state index in [0.717, 1.165) is 0 Å². The fraction of sp³-hybridized carbons (Fsp3) is 0. The van der Waals surface area contributed by atoms with Crippen molar-refractivity contribution in [2.24, 2.45) is 0 Å². The van der Waals surface area contributed by atoms with E-state index in [1.807, 2.05) is 0 Å². The van der Waals surface area contributed by atoms with Crippen LogP contribution in [-0.2, 0) is 0 Å². The maximum atomic E-state index is 2.48. The first-order valence-corrected chi connectivity index (χ1v) is 16.6. The molecule has 0 heteroatoms. The maximum absolute atomic E-state index is 2.48. The Kier molecular flexibility index (Phi) is 6.91. The van der Waals surface area contributed by atoms with Gasteiger partial charge in [-0.2, -0.15) is 0 Å². The lowest BCUT2D eigenvalue weighted by Gasteiger charge is -2.19. The first kappa shape index (κ1) is 28.0. The lowest BCUT2D eigenvalue weighted by molar-refractivity contribution is 1.52. The van der Waals surface area contributed by atoms with E-state index in [0.29, 0.717) is 0 Å². The van der Waals surface area contributed by atoms with Crippen LogP contribution in [0, 0.1) is 0 Å². The van der Waals surface area contributed by atoms with Crippen molar-refractivity contribution in [1.29, 1.82) is 0 Å². The molecule has 0 aliphatic heterocycles. The van der Waals surface area contributed by atoms with Gasteiger partial charge in [0.1, 0.15) is 0 Å². The molecule has 0 unspecified atom stereocenters. The van der Waals surface area contributed by atoms with Gasteiger partial charge in [-0.3, -0.25) is 0 Å². The molecule has 0 saturated heterocycles. The molecule has 0 bridgehead atoms. The summed E-state index contributed by atoms with van der Waals surface area (Å²) in [5, 5.41) is 0. The molecule has 0 amide bonds. The fourth-order valence-electron chi connectivity index (χ4n) is 7.48. The SMILES string of the molecule is C(=C(c1ccccc1)c1cc2c(c3c1-c1ccccc1C3=Cc1ccccc1)-c1ccccc1C2=Cc1ccccc1)c1ccccc1. The number of fused-ring (bicyclic) bond motifs is 7. The summed E-state index contributed by atoms with van der Waals surface area (Å²) in [5.41, 5.74) is 20.1. The monoisotopic (exact) mass is 608 g/mol. The standard InChI is InChI=1S/C48H32/c1-5-17-33(18-6-1)29-41(36-23-11-4-12-24-36)44-32-45-42(30-34-19-7-2-8-20-34)37-25-13-15-27-39(37)47(45)48-43(31-35-21-9-3-10-22-35)38-26-14-16-28-40(38)46(44)48/h1-32H. The highest BCUT2D eigenvalue weighted by atomic mass is 14.4. The molecule has 0 N–H and O–H groups in total. The summed E-state index contributed by atoms with van der Waals surface area (Å²) >= 11 is 0. The molecule has 2 aliphatic carbocycles. The molecule has 0 nitrogen and oxygen atoms in total. The molecule has 0 atom stereocenters. The Bertz CT molecular complexity index is 2390. The van der Waals surface area contributed by atoms with E-state index in [-0.39, 0.29) is 0 Å². The van der Waals surface area contributed by atoms with Gasteiger partial charge in [0.25, 0.3) is 0 Å². The van der Waals surface area contributed by atoms with Gasteiger partial charge in [0, 0.05) is 0 Å². The van der Waals surface area contributed by atoms with Gasteiger partial charge in [-0.15, -0.1) is 0 Å². The quantitative estimate of drug-likeness (QED) is 0.171. The third kappa shape index (κ3) is 4.78. The third-order valence-corrected chi connectivity index (χ3v) is 9.57. The van der Waals surface area contributed by atoms with Crippen molar-refractivity contribution in [3.05, 3.63) is 226 Å². The van der Waals surface area contributed by atoms with Crippen molar-refractivity contribution in [2.45, 2.75) is 0 Å². The Morgan fingerprint density at radius 2 is 0.771 bits per heavy atom. The Balaban J connectivity index is 1.44. The maximum Gasteiger partial charge on any atom is -0.000741 e. The van der Waals surface area contributed by atoms with Crippen molar-refractivity contribution >= 4 is 34.9 Å². The molecule has 0 radical (unpaired) electrons. The summed E-state index contributed by atoms with van der Waals surface area (Å²) in [5.74, 6) is 0. The molecule has 0 aromatic heterocycles. The van der Waals surface area contributed by atoms with Gasteiger partial charge in [0.05, 0.1) is 0 Å². The molecule has 7 aromatic rings.